The van der Waals surface area contributed by atoms with Gasteiger partial charge >= 0.3 is 6.18 Å². The lowest BCUT2D eigenvalue weighted by Gasteiger charge is -2.31. The van der Waals surface area contributed by atoms with Gasteiger partial charge in [0.1, 0.15) is 17.7 Å². The second-order valence-electron chi connectivity index (χ2n) is 8.95. The molecule has 0 saturated carbocycles. The van der Waals surface area contributed by atoms with Crippen molar-refractivity contribution in [2.24, 2.45) is 10.9 Å². The highest BCUT2D eigenvalue weighted by atomic mass is 19.4. The van der Waals surface area contributed by atoms with Gasteiger partial charge in [0.2, 0.25) is 11.5 Å². The Kier molecular flexibility index (Phi) is 5.96. The highest BCUT2D eigenvalue weighted by Crippen LogP contribution is 2.39. The fourth-order valence-corrected chi connectivity index (χ4v) is 4.81. The Morgan fingerprint density at radius 3 is 2.83 bits per heavy atom. The van der Waals surface area contributed by atoms with Crippen LogP contribution in [-0.4, -0.2) is 52.8 Å². The summed E-state index contributed by atoms with van der Waals surface area (Å²) in [6.07, 6.45) is -2.53. The zero-order valence-corrected chi connectivity index (χ0v) is 19.4. The number of alkyl halides is 3. The molecular formula is C24H26F3N7O. The number of pyridine rings is 1. The van der Waals surface area contributed by atoms with E-state index in [1.165, 1.54) is 0 Å². The number of aryl methyl sites for hydroxylation is 1. The van der Waals surface area contributed by atoms with E-state index in [9.17, 15) is 18.0 Å². The molecule has 8 nitrogen and oxygen atoms in total. The van der Waals surface area contributed by atoms with E-state index < -0.39 is 24.0 Å². The van der Waals surface area contributed by atoms with Crippen LogP contribution in [0.3, 0.4) is 0 Å². The summed E-state index contributed by atoms with van der Waals surface area (Å²) in [5, 5.41) is 8.73. The van der Waals surface area contributed by atoms with Crippen LogP contribution in [0.2, 0.25) is 0 Å². The molecule has 3 N–H and O–H groups in total. The van der Waals surface area contributed by atoms with E-state index in [1.807, 2.05) is 25.1 Å². The Balaban J connectivity index is 1.47. The molecule has 35 heavy (non-hydrogen) atoms. The van der Waals surface area contributed by atoms with Gasteiger partial charge in [0.15, 0.2) is 0 Å². The Bertz CT molecular complexity index is 1320. The molecule has 0 bridgehead atoms. The molecule has 4 heterocycles. The van der Waals surface area contributed by atoms with Crippen LogP contribution in [-0.2, 0) is 11.3 Å². The van der Waals surface area contributed by atoms with Crippen molar-refractivity contribution in [1.29, 1.82) is 0 Å². The Morgan fingerprint density at radius 1 is 1.23 bits per heavy atom. The number of amides is 1. The smallest absolute Gasteiger partial charge is 0.369 e. The molecule has 11 heteroatoms. The summed E-state index contributed by atoms with van der Waals surface area (Å²) >= 11 is 0. The molecule has 0 aromatic heterocycles. The molecule has 4 aliphatic rings. The third-order valence-electron chi connectivity index (χ3n) is 6.66. The van der Waals surface area contributed by atoms with Gasteiger partial charge in [-0.1, -0.05) is 6.07 Å². The predicted octanol–water partition coefficient (Wildman–Crippen LogP) is 3.18. The predicted molar refractivity (Wildman–Crippen MR) is 126 cm³/mol. The molecule has 1 fully saturated rings. The minimum Gasteiger partial charge on any atom is -0.369 e. The molecule has 1 amide bonds. The van der Waals surface area contributed by atoms with Gasteiger partial charge in [-0.25, -0.2) is 4.98 Å². The molecule has 184 valence electrons. The topological polar surface area (TPSA) is 96.2 Å². The lowest BCUT2D eigenvalue weighted by Crippen LogP contribution is -2.49. The number of anilines is 2. The first-order chi connectivity index (χ1) is 16.7. The van der Waals surface area contributed by atoms with E-state index in [0.717, 1.165) is 47.0 Å². The molecule has 1 aromatic carbocycles. The summed E-state index contributed by atoms with van der Waals surface area (Å²) in [5.74, 6) is 0.605. The molecular weight excluding hydrogens is 459 g/mol. The Morgan fingerprint density at radius 2 is 2.06 bits per heavy atom. The number of hydrogen-bond donors (Lipinski definition) is 3. The summed E-state index contributed by atoms with van der Waals surface area (Å²) in [6.45, 7) is 3.63. The lowest BCUT2D eigenvalue weighted by molar-refractivity contribution is -0.164. The number of benzene rings is 1. The van der Waals surface area contributed by atoms with E-state index in [0.29, 0.717) is 17.7 Å². The van der Waals surface area contributed by atoms with E-state index in [1.54, 1.807) is 19.3 Å². The maximum atomic E-state index is 13.1. The van der Waals surface area contributed by atoms with Gasteiger partial charge in [-0.3, -0.25) is 9.79 Å². The van der Waals surface area contributed by atoms with Crippen molar-refractivity contribution in [3.05, 3.63) is 41.6 Å². The fourth-order valence-electron chi connectivity index (χ4n) is 4.81. The third-order valence-corrected chi connectivity index (χ3v) is 6.66. The van der Waals surface area contributed by atoms with Crippen LogP contribution in [0.5, 0.6) is 0 Å². The van der Waals surface area contributed by atoms with Crippen molar-refractivity contribution in [1.82, 2.24) is 19.9 Å². The number of rotatable bonds is 3. The van der Waals surface area contributed by atoms with Gasteiger partial charge in [-0.15, -0.1) is 0 Å². The van der Waals surface area contributed by atoms with Crippen LogP contribution in [0.25, 0.3) is 22.5 Å². The van der Waals surface area contributed by atoms with Crippen LogP contribution in [0, 0.1) is 12.8 Å². The average molecular weight is 486 g/mol. The first-order valence-corrected chi connectivity index (χ1v) is 11.5. The number of carbonyl (C=O) groups excluding carboxylic acids is 1. The van der Waals surface area contributed by atoms with E-state index in [2.05, 4.69) is 35.5 Å². The number of nitrogens with zero attached hydrogens (tertiary/aromatic N) is 4. The van der Waals surface area contributed by atoms with Crippen molar-refractivity contribution in [3.8, 4) is 22.5 Å². The molecule has 0 aliphatic carbocycles. The van der Waals surface area contributed by atoms with Crippen LogP contribution in [0.15, 0.2) is 35.5 Å². The van der Waals surface area contributed by atoms with Crippen LogP contribution >= 0.6 is 0 Å². The summed E-state index contributed by atoms with van der Waals surface area (Å²) in [7, 11) is 1.65. The van der Waals surface area contributed by atoms with Crippen LogP contribution in [0.1, 0.15) is 18.4 Å². The zero-order valence-electron chi connectivity index (χ0n) is 19.4. The molecule has 2 atom stereocenters. The summed E-state index contributed by atoms with van der Waals surface area (Å²) < 4.78 is 41.5. The van der Waals surface area contributed by atoms with Crippen molar-refractivity contribution >= 4 is 17.4 Å². The van der Waals surface area contributed by atoms with Gasteiger partial charge in [-0.05, 0) is 55.6 Å². The minimum atomic E-state index is -4.37. The highest BCUT2D eigenvalue weighted by molar-refractivity contribution is 5.94. The van der Waals surface area contributed by atoms with Crippen LogP contribution < -0.4 is 21.6 Å². The lowest BCUT2D eigenvalue weighted by atomic mass is 9.91. The zero-order chi connectivity index (χ0) is 24.7. The standard InChI is InChI=1S/C24H26F3N7O/c1-13-3-4-16(32-22(35)14-5-6-29-19(10-14)24(25,26)27)11-17(13)18-9-15-12-31-23(28-2)33-20(15)34-8-7-30-21(18)34/h3-4,9,11-12,14,19,29-30H,5-8,10H2,1-2H3,(H,32,35). The highest BCUT2D eigenvalue weighted by Gasteiger charge is 2.43. The third kappa shape index (κ3) is 4.47. The minimum absolute atomic E-state index is 0.155. The maximum absolute atomic E-state index is 13.1. The van der Waals surface area contributed by atoms with Crippen molar-refractivity contribution in [2.75, 3.05) is 30.8 Å². The SMILES string of the molecule is CN=c1ncc2cc(-c3cc(NC(=O)C4CCNC(C(F)(F)F)C4)ccc3C)c3n(c-2n1)CCN3. The van der Waals surface area contributed by atoms with Crippen LogP contribution in [0.4, 0.5) is 24.7 Å². The normalized spacial score (nSPS) is 20.5. The van der Waals surface area contributed by atoms with Gasteiger partial charge in [0, 0.05) is 49.1 Å². The number of aromatic nitrogens is 3. The monoisotopic (exact) mass is 485 g/mol. The fraction of sp³-hybridized carbons (Fsp3) is 0.417. The van der Waals surface area contributed by atoms with Crippen molar-refractivity contribution in [3.63, 3.8) is 0 Å². The van der Waals surface area contributed by atoms with E-state index in [-0.39, 0.29) is 13.0 Å². The molecule has 1 aromatic rings. The van der Waals surface area contributed by atoms with Gasteiger partial charge in [0.25, 0.3) is 0 Å². The number of halogens is 3. The number of nitrogens with one attached hydrogen (secondary N) is 3. The first kappa shape index (κ1) is 23.3. The first-order valence-electron chi connectivity index (χ1n) is 11.5. The number of piperidine rings is 1. The largest absolute Gasteiger partial charge is 0.403 e. The summed E-state index contributed by atoms with van der Waals surface area (Å²) in [5.41, 5.74) is 4.67. The molecule has 1 saturated heterocycles. The van der Waals surface area contributed by atoms with Gasteiger partial charge in [-0.2, -0.15) is 18.2 Å². The molecule has 4 aliphatic heterocycles. The second-order valence-corrected chi connectivity index (χ2v) is 8.95. The van der Waals surface area contributed by atoms with Gasteiger partial charge < -0.3 is 20.5 Å². The summed E-state index contributed by atoms with van der Waals surface area (Å²) in [6, 6.07) is 5.89. The maximum Gasteiger partial charge on any atom is 0.403 e. The van der Waals surface area contributed by atoms with E-state index >= 15 is 0 Å². The number of carbonyl (C=O) groups is 1. The molecule has 5 rings (SSSR count). The number of fused-ring (bicyclic) bond motifs is 3. The second kappa shape index (κ2) is 8.95. The molecule has 2 unspecified atom stereocenters. The number of hydrogen-bond acceptors (Lipinski definition) is 6. The Hall–Kier alpha value is -3.47. The molecule has 0 spiro atoms. The molecule has 0 radical (unpaired) electrons. The Labute approximate surface area is 200 Å². The van der Waals surface area contributed by atoms with Gasteiger partial charge in [0.05, 0.1) is 0 Å². The van der Waals surface area contributed by atoms with Crippen molar-refractivity contribution in [2.45, 2.75) is 38.5 Å². The quantitative estimate of drug-likeness (QED) is 0.530. The van der Waals surface area contributed by atoms with Crippen molar-refractivity contribution < 1.29 is 18.0 Å². The summed E-state index contributed by atoms with van der Waals surface area (Å²) in [4.78, 5) is 25.8. The average Bonchev–Trinajstić information content (AvgIpc) is 3.34. The van der Waals surface area contributed by atoms with E-state index in [4.69, 9.17) is 0 Å².